The molecular formula is C17H21N3O3. The summed E-state index contributed by atoms with van der Waals surface area (Å²) >= 11 is 0. The van der Waals surface area contributed by atoms with Crippen molar-refractivity contribution in [2.45, 2.75) is 39.5 Å². The molecule has 0 fully saturated rings. The Bertz CT molecular complexity index is 707. The predicted octanol–water partition coefficient (Wildman–Crippen LogP) is 3.07. The second-order valence-corrected chi connectivity index (χ2v) is 5.54. The van der Waals surface area contributed by atoms with E-state index < -0.39 is 5.97 Å². The number of carbonyl (C=O) groups excluding carboxylic acids is 1. The van der Waals surface area contributed by atoms with E-state index in [0.717, 1.165) is 17.1 Å². The molecule has 0 unspecified atom stereocenters. The summed E-state index contributed by atoms with van der Waals surface area (Å²) in [6.07, 6.45) is 1.49. The van der Waals surface area contributed by atoms with Crippen molar-refractivity contribution in [3.05, 3.63) is 41.7 Å². The fourth-order valence-electron chi connectivity index (χ4n) is 2.39. The fraction of sp³-hybridized carbons (Fsp3) is 0.353. The Morgan fingerprint density at radius 1 is 1.17 bits per heavy atom. The zero-order valence-corrected chi connectivity index (χ0v) is 13.4. The summed E-state index contributed by atoms with van der Waals surface area (Å²) in [5.41, 5.74) is 3.56. The van der Waals surface area contributed by atoms with Gasteiger partial charge in [0.25, 0.3) is 0 Å². The molecule has 0 saturated carbocycles. The molecule has 2 N–H and O–H groups in total. The largest absolute Gasteiger partial charge is 0.481 e. The molecule has 1 amide bonds. The van der Waals surface area contributed by atoms with Crippen molar-refractivity contribution >= 4 is 17.6 Å². The minimum Gasteiger partial charge on any atom is -0.481 e. The van der Waals surface area contributed by atoms with Gasteiger partial charge < -0.3 is 10.4 Å². The molecule has 23 heavy (non-hydrogen) atoms. The number of carbonyl (C=O) groups is 2. The topological polar surface area (TPSA) is 84.2 Å². The number of carboxylic acid groups (broad SMARTS) is 1. The van der Waals surface area contributed by atoms with Gasteiger partial charge >= 0.3 is 5.97 Å². The second-order valence-electron chi connectivity index (χ2n) is 5.54. The van der Waals surface area contributed by atoms with Gasteiger partial charge in [0.05, 0.1) is 11.4 Å². The number of amides is 1. The quantitative estimate of drug-likeness (QED) is 0.769. The molecule has 1 heterocycles. The summed E-state index contributed by atoms with van der Waals surface area (Å²) in [5.74, 6) is -0.941. The van der Waals surface area contributed by atoms with Gasteiger partial charge in [0.1, 0.15) is 0 Å². The maximum Gasteiger partial charge on any atom is 0.303 e. The van der Waals surface area contributed by atoms with Crippen molar-refractivity contribution < 1.29 is 14.7 Å². The molecule has 6 nitrogen and oxygen atoms in total. The number of aliphatic carboxylic acids is 1. The molecule has 0 spiro atoms. The van der Waals surface area contributed by atoms with Crippen LogP contribution < -0.4 is 5.32 Å². The van der Waals surface area contributed by atoms with Gasteiger partial charge in [0.15, 0.2) is 0 Å². The number of aromatic nitrogens is 2. The molecular weight excluding hydrogens is 294 g/mol. The molecule has 0 saturated heterocycles. The second kappa shape index (κ2) is 7.58. The Hall–Kier alpha value is -2.63. The molecule has 0 atom stereocenters. The Labute approximate surface area is 135 Å². The van der Waals surface area contributed by atoms with Crippen LogP contribution in [0, 0.1) is 13.8 Å². The van der Waals surface area contributed by atoms with Crippen LogP contribution in [0.15, 0.2) is 30.3 Å². The lowest BCUT2D eigenvalue weighted by molar-refractivity contribution is -0.137. The van der Waals surface area contributed by atoms with E-state index in [4.69, 9.17) is 5.11 Å². The third kappa shape index (κ3) is 4.95. The van der Waals surface area contributed by atoms with Crippen LogP contribution in [0.5, 0.6) is 0 Å². The van der Waals surface area contributed by atoms with Crippen LogP contribution in [0.25, 0.3) is 5.69 Å². The van der Waals surface area contributed by atoms with E-state index in [0.29, 0.717) is 24.9 Å². The van der Waals surface area contributed by atoms with Gasteiger partial charge in [0, 0.05) is 24.2 Å². The van der Waals surface area contributed by atoms with E-state index in [1.807, 2.05) is 48.9 Å². The third-order valence-electron chi connectivity index (χ3n) is 3.43. The lowest BCUT2D eigenvalue weighted by Gasteiger charge is -2.09. The van der Waals surface area contributed by atoms with Crippen LogP contribution in [0.1, 0.15) is 37.1 Å². The minimum absolute atomic E-state index is 0.0979. The maximum atomic E-state index is 11.9. The van der Waals surface area contributed by atoms with Gasteiger partial charge in [-0.1, -0.05) is 6.07 Å². The van der Waals surface area contributed by atoms with Crippen molar-refractivity contribution in [2.24, 2.45) is 0 Å². The number of aryl methyl sites for hydroxylation is 2. The summed E-state index contributed by atoms with van der Waals surface area (Å²) in [6.45, 7) is 3.92. The Balaban J connectivity index is 1.96. The molecule has 0 aliphatic heterocycles. The molecule has 0 aliphatic rings. The van der Waals surface area contributed by atoms with Crippen molar-refractivity contribution in [3.8, 4) is 5.69 Å². The summed E-state index contributed by atoms with van der Waals surface area (Å²) in [5, 5.41) is 15.8. The number of unbranched alkanes of at least 4 members (excludes halogenated alkanes) is 1. The number of nitrogens with one attached hydrogen (secondary N) is 1. The van der Waals surface area contributed by atoms with Crippen LogP contribution in [-0.2, 0) is 9.59 Å². The van der Waals surface area contributed by atoms with Crippen LogP contribution in [-0.4, -0.2) is 26.8 Å². The molecule has 6 heteroatoms. The molecule has 2 aromatic rings. The van der Waals surface area contributed by atoms with Crippen LogP contribution >= 0.6 is 0 Å². The normalized spacial score (nSPS) is 10.5. The number of benzene rings is 1. The highest BCUT2D eigenvalue weighted by Gasteiger charge is 2.07. The van der Waals surface area contributed by atoms with E-state index in [-0.39, 0.29) is 12.3 Å². The fourth-order valence-corrected chi connectivity index (χ4v) is 2.39. The molecule has 1 aromatic heterocycles. The van der Waals surface area contributed by atoms with Crippen LogP contribution in [0.2, 0.25) is 0 Å². The van der Waals surface area contributed by atoms with Gasteiger partial charge in [-0.05, 0) is 51.0 Å². The monoisotopic (exact) mass is 315 g/mol. The predicted molar refractivity (Wildman–Crippen MR) is 87.8 cm³/mol. The molecule has 0 aliphatic carbocycles. The zero-order valence-electron chi connectivity index (χ0n) is 13.4. The van der Waals surface area contributed by atoms with E-state index in [9.17, 15) is 9.59 Å². The maximum absolute atomic E-state index is 11.9. The molecule has 2 rings (SSSR count). The zero-order chi connectivity index (χ0) is 16.8. The lowest BCUT2D eigenvalue weighted by atomic mass is 10.2. The minimum atomic E-state index is -0.831. The SMILES string of the molecule is Cc1cc(C)n(-c2cccc(NC(=O)CCCCC(=O)O)c2)n1. The number of nitrogens with zero attached hydrogens (tertiary/aromatic N) is 2. The smallest absolute Gasteiger partial charge is 0.303 e. The van der Waals surface area contributed by atoms with E-state index in [1.54, 1.807) is 0 Å². The molecule has 0 radical (unpaired) electrons. The first kappa shape index (κ1) is 16.7. The Morgan fingerprint density at radius 3 is 2.57 bits per heavy atom. The summed E-state index contributed by atoms with van der Waals surface area (Å²) < 4.78 is 1.83. The number of carboxylic acids is 1. The summed E-state index contributed by atoms with van der Waals surface area (Å²) in [7, 11) is 0. The highest BCUT2D eigenvalue weighted by molar-refractivity contribution is 5.90. The molecule has 122 valence electrons. The third-order valence-corrected chi connectivity index (χ3v) is 3.43. The Kier molecular flexibility index (Phi) is 5.51. The highest BCUT2D eigenvalue weighted by Crippen LogP contribution is 2.17. The number of anilines is 1. The van der Waals surface area contributed by atoms with Crippen molar-refractivity contribution in [1.29, 1.82) is 0 Å². The van der Waals surface area contributed by atoms with Crippen LogP contribution in [0.3, 0.4) is 0 Å². The van der Waals surface area contributed by atoms with Gasteiger partial charge in [-0.15, -0.1) is 0 Å². The number of rotatable bonds is 7. The Morgan fingerprint density at radius 2 is 1.91 bits per heavy atom. The first-order valence-electron chi connectivity index (χ1n) is 7.61. The van der Waals surface area contributed by atoms with Crippen molar-refractivity contribution in [3.63, 3.8) is 0 Å². The first-order chi connectivity index (χ1) is 11.0. The average Bonchev–Trinajstić information content (AvgIpc) is 2.82. The lowest BCUT2D eigenvalue weighted by Crippen LogP contribution is -2.11. The first-order valence-corrected chi connectivity index (χ1v) is 7.61. The molecule has 0 bridgehead atoms. The summed E-state index contributed by atoms with van der Waals surface area (Å²) in [4.78, 5) is 22.3. The van der Waals surface area contributed by atoms with Crippen molar-refractivity contribution in [2.75, 3.05) is 5.32 Å². The highest BCUT2D eigenvalue weighted by atomic mass is 16.4. The standard InChI is InChI=1S/C17H21N3O3/c1-12-10-13(2)20(19-12)15-7-5-6-14(11-15)18-16(21)8-3-4-9-17(22)23/h5-7,10-11H,3-4,8-9H2,1-2H3,(H,18,21)(H,22,23). The number of hydrogen-bond acceptors (Lipinski definition) is 3. The summed E-state index contributed by atoms with van der Waals surface area (Å²) in [6, 6.07) is 9.49. The average molecular weight is 315 g/mol. The number of hydrogen-bond donors (Lipinski definition) is 2. The van der Waals surface area contributed by atoms with Gasteiger partial charge in [-0.3, -0.25) is 9.59 Å². The van der Waals surface area contributed by atoms with Gasteiger partial charge in [0.2, 0.25) is 5.91 Å². The van der Waals surface area contributed by atoms with Gasteiger partial charge in [-0.25, -0.2) is 4.68 Å². The van der Waals surface area contributed by atoms with Crippen molar-refractivity contribution in [1.82, 2.24) is 9.78 Å². The molecule has 1 aromatic carbocycles. The van der Waals surface area contributed by atoms with E-state index in [1.165, 1.54) is 0 Å². The van der Waals surface area contributed by atoms with Crippen LogP contribution in [0.4, 0.5) is 5.69 Å². The van der Waals surface area contributed by atoms with E-state index in [2.05, 4.69) is 10.4 Å². The van der Waals surface area contributed by atoms with Gasteiger partial charge in [-0.2, -0.15) is 5.10 Å². The van der Waals surface area contributed by atoms with E-state index >= 15 is 0 Å².